The van der Waals surface area contributed by atoms with Crippen molar-refractivity contribution in [2.75, 3.05) is 13.1 Å². The zero-order valence-corrected chi connectivity index (χ0v) is 22.9. The number of aliphatic imine (C=N–C) groups is 1. The van der Waals surface area contributed by atoms with Crippen LogP contribution in [-0.4, -0.2) is 72.0 Å². The fraction of sp³-hybridized carbons (Fsp3) is 0.414. The number of guanidine groups is 1. The summed E-state index contributed by atoms with van der Waals surface area (Å²) in [6, 6.07) is 14.5. The number of hydrogen-bond donors (Lipinski definition) is 7. The summed E-state index contributed by atoms with van der Waals surface area (Å²) in [5.41, 5.74) is 12.4. The molecule has 1 heterocycles. The van der Waals surface area contributed by atoms with Gasteiger partial charge in [0.25, 0.3) is 0 Å². The Labute approximate surface area is 239 Å². The van der Waals surface area contributed by atoms with Crippen LogP contribution in [0.15, 0.2) is 65.7 Å². The van der Waals surface area contributed by atoms with Gasteiger partial charge in [0.05, 0.1) is 6.04 Å². The highest BCUT2D eigenvalue weighted by Crippen LogP contribution is 2.10. The van der Waals surface area contributed by atoms with E-state index >= 15 is 0 Å². The number of carbonyl (C=O) groups is 4. The van der Waals surface area contributed by atoms with Crippen molar-refractivity contribution < 1.29 is 24.3 Å². The molecule has 2 aromatic carbocycles. The van der Waals surface area contributed by atoms with E-state index in [2.05, 4.69) is 26.3 Å². The fourth-order valence-electron chi connectivity index (χ4n) is 4.61. The largest absolute Gasteiger partial charge is 0.480 e. The van der Waals surface area contributed by atoms with Gasteiger partial charge in [-0.3, -0.25) is 19.4 Å². The van der Waals surface area contributed by atoms with Crippen molar-refractivity contribution in [3.8, 4) is 0 Å². The van der Waals surface area contributed by atoms with E-state index in [0.29, 0.717) is 12.8 Å². The number of nitrogens with zero attached hydrogens (tertiary/aromatic N) is 1. The zero-order valence-electron chi connectivity index (χ0n) is 22.9. The van der Waals surface area contributed by atoms with Crippen LogP contribution in [0, 0.1) is 0 Å². The number of hydrogen-bond acceptors (Lipinski definition) is 6. The Morgan fingerprint density at radius 1 is 0.854 bits per heavy atom. The number of carboxylic acid groups (broad SMARTS) is 1. The Kier molecular flexibility index (Phi) is 12.1. The van der Waals surface area contributed by atoms with E-state index in [0.717, 1.165) is 24.1 Å². The van der Waals surface area contributed by atoms with Crippen LogP contribution in [0.1, 0.15) is 36.8 Å². The van der Waals surface area contributed by atoms with E-state index in [1.165, 1.54) is 0 Å². The number of carboxylic acids is 1. The van der Waals surface area contributed by atoms with Gasteiger partial charge in [0.1, 0.15) is 18.1 Å². The summed E-state index contributed by atoms with van der Waals surface area (Å²) < 4.78 is 0. The SMILES string of the molecule is NC(N)=NCCCC(NC(=O)C(Cc1ccccc1)NC(=O)C1CCCN1)C(=O)NC(Cc1ccccc1)C(=O)O. The second kappa shape index (κ2) is 16.0. The molecule has 0 aliphatic carbocycles. The Hall–Kier alpha value is -4.45. The second-order valence-electron chi connectivity index (χ2n) is 10.00. The van der Waals surface area contributed by atoms with Crippen LogP contribution in [0.25, 0.3) is 0 Å². The lowest BCUT2D eigenvalue weighted by Crippen LogP contribution is -2.57. The molecular weight excluding hydrogens is 526 g/mol. The highest BCUT2D eigenvalue weighted by Gasteiger charge is 2.31. The molecule has 0 aromatic heterocycles. The lowest BCUT2D eigenvalue weighted by molar-refractivity contribution is -0.142. The molecule has 41 heavy (non-hydrogen) atoms. The quantitative estimate of drug-likeness (QED) is 0.0875. The van der Waals surface area contributed by atoms with Crippen molar-refractivity contribution in [3.05, 3.63) is 71.8 Å². The number of benzene rings is 2. The van der Waals surface area contributed by atoms with Crippen LogP contribution in [0.5, 0.6) is 0 Å². The van der Waals surface area contributed by atoms with E-state index in [-0.39, 0.29) is 37.7 Å². The second-order valence-corrected chi connectivity index (χ2v) is 10.00. The molecule has 1 fully saturated rings. The van der Waals surface area contributed by atoms with Crippen molar-refractivity contribution in [1.82, 2.24) is 21.3 Å². The molecule has 4 atom stereocenters. The lowest BCUT2D eigenvalue weighted by atomic mass is 10.0. The van der Waals surface area contributed by atoms with Gasteiger partial charge in [-0.15, -0.1) is 0 Å². The van der Waals surface area contributed by atoms with Gasteiger partial charge >= 0.3 is 5.97 Å². The number of amides is 3. The first-order valence-corrected chi connectivity index (χ1v) is 13.7. The van der Waals surface area contributed by atoms with E-state index in [1.807, 2.05) is 36.4 Å². The smallest absolute Gasteiger partial charge is 0.326 e. The van der Waals surface area contributed by atoms with Gasteiger partial charge in [0.2, 0.25) is 17.7 Å². The molecule has 0 radical (unpaired) electrons. The lowest BCUT2D eigenvalue weighted by Gasteiger charge is -2.25. The molecule has 12 nitrogen and oxygen atoms in total. The third-order valence-electron chi connectivity index (χ3n) is 6.77. The predicted molar refractivity (Wildman–Crippen MR) is 155 cm³/mol. The van der Waals surface area contributed by atoms with Crippen molar-refractivity contribution in [3.63, 3.8) is 0 Å². The minimum Gasteiger partial charge on any atom is -0.480 e. The highest BCUT2D eigenvalue weighted by atomic mass is 16.4. The van der Waals surface area contributed by atoms with E-state index in [1.54, 1.807) is 24.3 Å². The van der Waals surface area contributed by atoms with Crippen LogP contribution in [-0.2, 0) is 32.0 Å². The molecule has 1 aliphatic rings. The third kappa shape index (κ3) is 10.6. The van der Waals surface area contributed by atoms with Gasteiger partial charge in [0, 0.05) is 19.4 Å². The number of carbonyl (C=O) groups excluding carboxylic acids is 3. The topological polar surface area (TPSA) is 201 Å². The molecule has 220 valence electrons. The first-order chi connectivity index (χ1) is 19.7. The molecule has 0 spiro atoms. The Morgan fingerprint density at radius 3 is 1.95 bits per heavy atom. The Morgan fingerprint density at radius 2 is 1.41 bits per heavy atom. The van der Waals surface area contributed by atoms with Crippen molar-refractivity contribution in [1.29, 1.82) is 0 Å². The minimum absolute atomic E-state index is 0.0671. The van der Waals surface area contributed by atoms with Crippen LogP contribution in [0.4, 0.5) is 0 Å². The van der Waals surface area contributed by atoms with Gasteiger partial charge in [-0.2, -0.15) is 0 Å². The monoisotopic (exact) mass is 565 g/mol. The number of aliphatic carboxylic acids is 1. The van der Waals surface area contributed by atoms with Crippen LogP contribution in [0.3, 0.4) is 0 Å². The number of rotatable bonds is 15. The van der Waals surface area contributed by atoms with Crippen molar-refractivity contribution >= 4 is 29.7 Å². The van der Waals surface area contributed by atoms with Crippen molar-refractivity contribution in [2.24, 2.45) is 16.5 Å². The highest BCUT2D eigenvalue weighted by molar-refractivity contribution is 5.94. The summed E-state index contributed by atoms with van der Waals surface area (Å²) in [5.74, 6) is -2.81. The molecule has 12 heteroatoms. The Balaban J connectivity index is 1.76. The maximum Gasteiger partial charge on any atom is 0.326 e. The summed E-state index contributed by atoms with van der Waals surface area (Å²) in [6.45, 7) is 0.936. The molecule has 1 aliphatic heterocycles. The maximum atomic E-state index is 13.6. The number of nitrogens with two attached hydrogens (primary N) is 2. The molecule has 3 rings (SSSR count). The molecule has 3 amide bonds. The maximum absolute atomic E-state index is 13.6. The van der Waals surface area contributed by atoms with Gasteiger partial charge in [0.15, 0.2) is 5.96 Å². The average Bonchev–Trinajstić information content (AvgIpc) is 3.50. The first-order valence-electron chi connectivity index (χ1n) is 13.7. The van der Waals surface area contributed by atoms with E-state index < -0.39 is 42.0 Å². The third-order valence-corrected chi connectivity index (χ3v) is 6.77. The molecule has 0 bridgehead atoms. The molecule has 4 unspecified atom stereocenters. The molecule has 9 N–H and O–H groups in total. The standard InChI is InChI=1S/C29H39N7O5/c30-29(31)33-16-8-14-22(26(38)36-24(28(40)41)18-20-11-5-2-6-12-20)34-27(39)23(17-19-9-3-1-4-10-19)35-25(37)21-13-7-15-32-21/h1-6,9-12,21-24,32H,7-8,13-18H2,(H,34,39)(H,35,37)(H,36,38)(H,40,41)(H4,30,31,33). The van der Waals surface area contributed by atoms with Gasteiger partial charge < -0.3 is 37.8 Å². The van der Waals surface area contributed by atoms with Gasteiger partial charge in [-0.05, 0) is 43.4 Å². The fourth-order valence-corrected chi connectivity index (χ4v) is 4.61. The van der Waals surface area contributed by atoms with E-state index in [4.69, 9.17) is 11.5 Å². The van der Waals surface area contributed by atoms with Crippen molar-refractivity contribution in [2.45, 2.75) is 62.7 Å². The normalized spacial score (nSPS) is 16.5. The van der Waals surface area contributed by atoms with Gasteiger partial charge in [-0.25, -0.2) is 4.79 Å². The number of nitrogens with one attached hydrogen (secondary N) is 4. The van der Waals surface area contributed by atoms with Gasteiger partial charge in [-0.1, -0.05) is 60.7 Å². The minimum atomic E-state index is -1.21. The van der Waals surface area contributed by atoms with Crippen LogP contribution < -0.4 is 32.7 Å². The summed E-state index contributed by atoms with van der Waals surface area (Å²) in [4.78, 5) is 55.7. The Bertz CT molecular complexity index is 1180. The van der Waals surface area contributed by atoms with E-state index in [9.17, 15) is 24.3 Å². The van der Waals surface area contributed by atoms with Crippen LogP contribution >= 0.6 is 0 Å². The molecule has 2 aromatic rings. The first kappa shape index (κ1) is 31.1. The molecule has 1 saturated heterocycles. The summed E-state index contributed by atoms with van der Waals surface area (Å²) in [7, 11) is 0. The summed E-state index contributed by atoms with van der Waals surface area (Å²) in [6.07, 6.45) is 2.28. The zero-order chi connectivity index (χ0) is 29.6. The summed E-state index contributed by atoms with van der Waals surface area (Å²) in [5, 5.41) is 21.0. The average molecular weight is 566 g/mol. The summed E-state index contributed by atoms with van der Waals surface area (Å²) >= 11 is 0. The predicted octanol–water partition coefficient (Wildman–Crippen LogP) is -0.184. The van der Waals surface area contributed by atoms with Crippen LogP contribution in [0.2, 0.25) is 0 Å². The molecular formula is C29H39N7O5. The molecule has 0 saturated carbocycles.